The first kappa shape index (κ1) is 26.7. The minimum absolute atomic E-state index is 0.0153. The lowest BCUT2D eigenvalue weighted by molar-refractivity contribution is -0.141. The number of aromatic nitrogens is 2. The fourth-order valence-corrected chi connectivity index (χ4v) is 5.28. The van der Waals surface area contributed by atoms with Crippen molar-refractivity contribution in [2.75, 3.05) is 12.3 Å². The van der Waals surface area contributed by atoms with E-state index in [4.69, 9.17) is 11.6 Å². The Kier molecular flexibility index (Phi) is 9.29. The number of carboxylic acid groups (broad SMARTS) is 1. The molecule has 0 saturated carbocycles. The molecule has 0 aliphatic rings. The molecule has 0 aliphatic carbocycles. The predicted molar refractivity (Wildman–Crippen MR) is 130 cm³/mol. The first-order valence-corrected chi connectivity index (χ1v) is 13.5. The minimum Gasteiger partial charge on any atom is -0.611 e. The molecule has 0 aliphatic heterocycles. The minimum atomic E-state index is -3.70. The molecule has 3 rings (SSSR count). The van der Waals surface area contributed by atoms with E-state index in [1.54, 1.807) is 24.3 Å². The van der Waals surface area contributed by atoms with Crippen LogP contribution in [0.3, 0.4) is 0 Å². The van der Waals surface area contributed by atoms with E-state index in [-0.39, 0.29) is 17.9 Å². The number of nitrogens with zero attached hydrogens (tertiary/aromatic N) is 1. The number of halogens is 1. The van der Waals surface area contributed by atoms with Crippen LogP contribution in [-0.2, 0) is 43.6 Å². The van der Waals surface area contributed by atoms with E-state index < -0.39 is 44.9 Å². The highest BCUT2D eigenvalue weighted by molar-refractivity contribution is 7.92. The second-order valence-corrected chi connectivity index (χ2v) is 11.1. The third kappa shape index (κ3) is 8.08. The van der Waals surface area contributed by atoms with Gasteiger partial charge >= 0.3 is 5.97 Å². The van der Waals surface area contributed by atoms with Gasteiger partial charge in [-0.1, -0.05) is 23.7 Å². The van der Waals surface area contributed by atoms with Crippen molar-refractivity contribution in [2.45, 2.75) is 28.7 Å². The van der Waals surface area contributed by atoms with Crippen LogP contribution < -0.4 is 10.0 Å². The molecular weight excluding hydrogens is 516 g/mol. The standard InChI is InChI=1S/C22H23ClN4O6S2/c23-16-4-6-19(7-5-16)35(32,33)26-9-8-15-2-1-3-18(10-15)34(31)13-21(28)27-20(22(29)30)11-17-12-24-14-25-17/h1-7,10,12,14,20,26H,8-9,11,13H2,(H,24,25)(H,27,28)(H,29,30). The molecule has 186 valence electrons. The molecule has 2 atom stereocenters. The van der Waals surface area contributed by atoms with Crippen LogP contribution >= 0.6 is 11.6 Å². The van der Waals surface area contributed by atoms with Crippen molar-refractivity contribution in [1.29, 1.82) is 0 Å². The number of nitrogens with one attached hydrogen (secondary N) is 3. The summed E-state index contributed by atoms with van der Waals surface area (Å²) in [5.41, 5.74) is 1.19. The molecule has 1 heterocycles. The summed E-state index contributed by atoms with van der Waals surface area (Å²) in [4.78, 5) is 30.9. The van der Waals surface area contributed by atoms with Gasteiger partial charge in [-0.2, -0.15) is 0 Å². The molecule has 0 saturated heterocycles. The van der Waals surface area contributed by atoms with Gasteiger partial charge in [-0.05, 0) is 59.6 Å². The van der Waals surface area contributed by atoms with Crippen molar-refractivity contribution >= 4 is 44.7 Å². The van der Waals surface area contributed by atoms with Crippen molar-refractivity contribution in [1.82, 2.24) is 20.0 Å². The number of H-pyrrole nitrogens is 1. The molecular formula is C22H23ClN4O6S2. The van der Waals surface area contributed by atoms with Crippen LogP contribution in [0.2, 0.25) is 5.02 Å². The van der Waals surface area contributed by atoms with Crippen LogP contribution in [0.4, 0.5) is 0 Å². The van der Waals surface area contributed by atoms with Gasteiger partial charge in [0, 0.05) is 24.2 Å². The molecule has 35 heavy (non-hydrogen) atoms. The van der Waals surface area contributed by atoms with E-state index in [9.17, 15) is 27.7 Å². The maximum Gasteiger partial charge on any atom is 0.326 e. The summed E-state index contributed by atoms with van der Waals surface area (Å²) in [5, 5.41) is 12.1. The van der Waals surface area contributed by atoms with Gasteiger partial charge in [-0.3, -0.25) is 4.79 Å². The number of hydrogen-bond acceptors (Lipinski definition) is 6. The summed E-state index contributed by atoms with van der Waals surface area (Å²) < 4.78 is 39.9. The lowest BCUT2D eigenvalue weighted by Crippen LogP contribution is -2.44. The lowest BCUT2D eigenvalue weighted by atomic mass is 10.1. The molecule has 2 unspecified atom stereocenters. The Morgan fingerprint density at radius 2 is 1.94 bits per heavy atom. The van der Waals surface area contributed by atoms with Gasteiger partial charge < -0.3 is 20.0 Å². The van der Waals surface area contributed by atoms with Crippen molar-refractivity contribution in [3.05, 3.63) is 77.3 Å². The number of imidazole rings is 1. The number of rotatable bonds is 12. The lowest BCUT2D eigenvalue weighted by Gasteiger charge is -2.15. The molecule has 2 aromatic carbocycles. The number of carbonyl (C=O) groups excluding carboxylic acids is 1. The number of benzene rings is 2. The van der Waals surface area contributed by atoms with E-state index in [1.165, 1.54) is 36.8 Å². The topological polar surface area (TPSA) is 164 Å². The Bertz CT molecular complexity index is 1250. The van der Waals surface area contributed by atoms with E-state index >= 15 is 0 Å². The SMILES string of the molecule is O=C(C[S+]([O-])c1cccc(CCNS(=O)(=O)c2ccc(Cl)cc2)c1)NC(Cc1c[nH]cn1)C(=O)O. The summed E-state index contributed by atoms with van der Waals surface area (Å²) in [7, 11) is -3.70. The highest BCUT2D eigenvalue weighted by Gasteiger charge is 2.24. The zero-order valence-electron chi connectivity index (χ0n) is 18.3. The number of aromatic amines is 1. The molecule has 4 N–H and O–H groups in total. The second-order valence-electron chi connectivity index (χ2n) is 7.46. The van der Waals surface area contributed by atoms with Crippen LogP contribution in [0.5, 0.6) is 0 Å². The van der Waals surface area contributed by atoms with Gasteiger partial charge in [-0.25, -0.2) is 22.9 Å². The van der Waals surface area contributed by atoms with Gasteiger partial charge in [0.25, 0.3) is 5.91 Å². The molecule has 0 radical (unpaired) electrons. The average molecular weight is 539 g/mol. The van der Waals surface area contributed by atoms with Crippen molar-refractivity contribution < 1.29 is 27.7 Å². The number of carboxylic acids is 1. The van der Waals surface area contributed by atoms with Crippen molar-refractivity contribution in [3.63, 3.8) is 0 Å². The fraction of sp³-hybridized carbons (Fsp3) is 0.227. The van der Waals surface area contributed by atoms with Crippen LogP contribution in [0, 0.1) is 0 Å². The number of amides is 1. The third-order valence-corrected chi connectivity index (χ3v) is 7.89. The number of hydrogen-bond donors (Lipinski definition) is 4. The van der Waals surface area contributed by atoms with Crippen LogP contribution in [0.25, 0.3) is 0 Å². The predicted octanol–water partition coefficient (Wildman–Crippen LogP) is 1.50. The monoisotopic (exact) mass is 538 g/mol. The molecule has 0 spiro atoms. The second kappa shape index (κ2) is 12.2. The van der Waals surface area contributed by atoms with Crippen molar-refractivity contribution in [2.24, 2.45) is 0 Å². The molecule has 10 nitrogen and oxygen atoms in total. The van der Waals surface area contributed by atoms with Gasteiger partial charge in [0.15, 0.2) is 10.6 Å². The number of sulfonamides is 1. The zero-order chi connectivity index (χ0) is 25.4. The quantitative estimate of drug-likeness (QED) is 0.254. The Balaban J connectivity index is 1.54. The van der Waals surface area contributed by atoms with Gasteiger partial charge in [0.2, 0.25) is 10.0 Å². The zero-order valence-corrected chi connectivity index (χ0v) is 20.7. The Morgan fingerprint density at radius 1 is 1.20 bits per heavy atom. The maximum atomic E-state index is 12.7. The Labute approximate surface area is 210 Å². The summed E-state index contributed by atoms with van der Waals surface area (Å²) in [5.74, 6) is -2.32. The highest BCUT2D eigenvalue weighted by Crippen LogP contribution is 2.16. The summed E-state index contributed by atoms with van der Waals surface area (Å²) in [6, 6.07) is 11.2. The molecule has 1 amide bonds. The Hall–Kier alpha value is -2.90. The van der Waals surface area contributed by atoms with E-state index in [0.29, 0.717) is 22.0 Å². The largest absolute Gasteiger partial charge is 0.611 e. The van der Waals surface area contributed by atoms with E-state index in [0.717, 1.165) is 5.56 Å². The van der Waals surface area contributed by atoms with E-state index in [1.807, 2.05) is 0 Å². The van der Waals surface area contributed by atoms with Gasteiger partial charge in [0.1, 0.15) is 6.04 Å². The van der Waals surface area contributed by atoms with E-state index in [2.05, 4.69) is 20.0 Å². The number of carbonyl (C=O) groups is 2. The summed E-state index contributed by atoms with van der Waals surface area (Å²) in [6.45, 7) is 0.106. The average Bonchev–Trinajstić information content (AvgIpc) is 3.32. The molecule has 3 aromatic rings. The third-order valence-electron chi connectivity index (χ3n) is 4.85. The normalized spacial score (nSPS) is 13.2. The first-order valence-electron chi connectivity index (χ1n) is 10.4. The molecule has 1 aromatic heterocycles. The van der Waals surface area contributed by atoms with Crippen LogP contribution in [0.1, 0.15) is 11.3 Å². The summed E-state index contributed by atoms with van der Waals surface area (Å²) >= 11 is 4.07. The van der Waals surface area contributed by atoms with Crippen LogP contribution in [0.15, 0.2) is 70.8 Å². The molecule has 0 fully saturated rings. The molecule has 13 heteroatoms. The highest BCUT2D eigenvalue weighted by atomic mass is 35.5. The first-order chi connectivity index (χ1) is 16.6. The smallest absolute Gasteiger partial charge is 0.326 e. The summed E-state index contributed by atoms with van der Waals surface area (Å²) in [6.07, 6.45) is 3.25. The fourth-order valence-electron chi connectivity index (χ4n) is 3.12. The van der Waals surface area contributed by atoms with Gasteiger partial charge in [0.05, 0.1) is 16.9 Å². The van der Waals surface area contributed by atoms with Crippen molar-refractivity contribution in [3.8, 4) is 0 Å². The number of aliphatic carboxylic acids is 1. The molecule has 0 bridgehead atoms. The Morgan fingerprint density at radius 3 is 2.60 bits per heavy atom. The van der Waals surface area contributed by atoms with Gasteiger partial charge in [-0.15, -0.1) is 0 Å². The van der Waals surface area contributed by atoms with Crippen LogP contribution in [-0.4, -0.2) is 58.3 Å². The maximum absolute atomic E-state index is 12.7.